The fourth-order valence-electron chi connectivity index (χ4n) is 2.00. The van der Waals surface area contributed by atoms with Gasteiger partial charge in [0, 0.05) is 4.90 Å². The zero-order valence-corrected chi connectivity index (χ0v) is 13.9. The van der Waals surface area contributed by atoms with E-state index in [1.165, 1.54) is 16.0 Å². The highest BCUT2D eigenvalue weighted by Crippen LogP contribution is 2.23. The smallest absolute Gasteiger partial charge is 0.103 e. The summed E-state index contributed by atoms with van der Waals surface area (Å²) < 4.78 is 0. The van der Waals surface area contributed by atoms with Crippen LogP contribution in [0.1, 0.15) is 44.2 Å². The van der Waals surface area contributed by atoms with E-state index in [4.69, 9.17) is 0 Å². The molecule has 110 valence electrons. The van der Waals surface area contributed by atoms with Gasteiger partial charge in [0.2, 0.25) is 0 Å². The van der Waals surface area contributed by atoms with Gasteiger partial charge < -0.3 is 0 Å². The fourth-order valence-corrected chi connectivity index (χ4v) is 2.95. The first-order chi connectivity index (χ1) is 9.50. The lowest BCUT2D eigenvalue weighted by Crippen LogP contribution is -2.41. The second-order valence-corrected chi connectivity index (χ2v) is 6.74. The highest BCUT2D eigenvalue weighted by molar-refractivity contribution is 7.99. The van der Waals surface area contributed by atoms with Crippen molar-refractivity contribution in [2.75, 3.05) is 12.3 Å². The number of thioether (sulfide) groups is 1. The number of rotatable bonds is 8. The Morgan fingerprint density at radius 2 is 2.05 bits per heavy atom. The Labute approximate surface area is 128 Å². The third-order valence-electron chi connectivity index (χ3n) is 3.58. The van der Waals surface area contributed by atoms with Crippen LogP contribution in [0, 0.1) is 25.2 Å². The maximum atomic E-state index is 9.28. The fraction of sp³-hybridized carbons (Fsp3) is 0.588. The third-order valence-corrected chi connectivity index (χ3v) is 4.66. The topological polar surface area (TPSA) is 35.8 Å². The molecule has 1 rings (SSSR count). The number of nitrogens with one attached hydrogen (secondary N) is 1. The summed E-state index contributed by atoms with van der Waals surface area (Å²) >= 11 is 1.88. The van der Waals surface area contributed by atoms with Gasteiger partial charge in [0.25, 0.3) is 0 Å². The first-order valence-corrected chi connectivity index (χ1v) is 8.35. The van der Waals surface area contributed by atoms with E-state index >= 15 is 0 Å². The molecule has 1 atom stereocenters. The molecule has 20 heavy (non-hydrogen) atoms. The van der Waals surface area contributed by atoms with E-state index < -0.39 is 0 Å². The number of hydrogen-bond donors (Lipinski definition) is 1. The minimum Gasteiger partial charge on any atom is -0.300 e. The minimum atomic E-state index is -0.375. The number of nitriles is 1. The van der Waals surface area contributed by atoms with Crippen LogP contribution < -0.4 is 5.32 Å². The molecule has 1 unspecified atom stereocenters. The summed E-state index contributed by atoms with van der Waals surface area (Å²) in [6, 6.07) is 9.02. The molecule has 0 saturated heterocycles. The van der Waals surface area contributed by atoms with E-state index in [9.17, 15) is 5.26 Å². The Hall–Kier alpha value is -0.980. The molecule has 0 spiro atoms. The first kappa shape index (κ1) is 17.1. The van der Waals surface area contributed by atoms with E-state index in [0.717, 1.165) is 31.6 Å². The van der Waals surface area contributed by atoms with Gasteiger partial charge in [-0.1, -0.05) is 13.0 Å². The molecule has 1 aromatic rings. The number of benzene rings is 1. The predicted molar refractivity (Wildman–Crippen MR) is 88.2 cm³/mol. The number of hydrogen-bond acceptors (Lipinski definition) is 3. The van der Waals surface area contributed by atoms with Crippen LogP contribution in [0.4, 0.5) is 0 Å². The molecule has 0 saturated carbocycles. The summed E-state index contributed by atoms with van der Waals surface area (Å²) in [7, 11) is 0. The van der Waals surface area contributed by atoms with Crippen LogP contribution in [-0.2, 0) is 0 Å². The van der Waals surface area contributed by atoms with Gasteiger partial charge >= 0.3 is 0 Å². The summed E-state index contributed by atoms with van der Waals surface area (Å²) in [6.45, 7) is 9.33. The molecule has 0 aliphatic rings. The maximum Gasteiger partial charge on any atom is 0.103 e. The summed E-state index contributed by atoms with van der Waals surface area (Å²) in [6.07, 6.45) is 3.02. The molecule has 1 aromatic carbocycles. The molecule has 0 aliphatic carbocycles. The van der Waals surface area contributed by atoms with Crippen molar-refractivity contribution in [2.45, 2.75) is 57.4 Å². The van der Waals surface area contributed by atoms with E-state index in [1.807, 2.05) is 18.7 Å². The summed E-state index contributed by atoms with van der Waals surface area (Å²) in [5.41, 5.74) is 2.32. The Balaban J connectivity index is 2.37. The van der Waals surface area contributed by atoms with Gasteiger partial charge in [0.1, 0.15) is 5.54 Å². The standard InChI is InChI=1S/C17H26N2S/c1-5-10-19-17(4,13-18)9-6-11-20-16-8-7-14(2)15(3)12-16/h7-8,12,19H,5-6,9-11H2,1-4H3. The Bertz CT molecular complexity index is 465. The van der Waals surface area contributed by atoms with Crippen molar-refractivity contribution in [3.05, 3.63) is 29.3 Å². The quantitative estimate of drug-likeness (QED) is 0.567. The van der Waals surface area contributed by atoms with Gasteiger partial charge in [-0.3, -0.25) is 5.32 Å². The van der Waals surface area contributed by atoms with Crippen molar-refractivity contribution >= 4 is 11.8 Å². The zero-order valence-electron chi connectivity index (χ0n) is 13.1. The first-order valence-electron chi connectivity index (χ1n) is 7.37. The summed E-state index contributed by atoms with van der Waals surface area (Å²) in [4.78, 5) is 1.33. The monoisotopic (exact) mass is 290 g/mol. The highest BCUT2D eigenvalue weighted by atomic mass is 32.2. The molecule has 2 nitrogen and oxygen atoms in total. The second-order valence-electron chi connectivity index (χ2n) is 5.57. The molecular formula is C17H26N2S. The lowest BCUT2D eigenvalue weighted by atomic mass is 9.98. The van der Waals surface area contributed by atoms with Gasteiger partial charge in [-0.2, -0.15) is 5.26 Å². The zero-order chi connectivity index (χ0) is 15.0. The van der Waals surface area contributed by atoms with Gasteiger partial charge in [-0.25, -0.2) is 0 Å². The molecule has 0 fully saturated rings. The lowest BCUT2D eigenvalue weighted by Gasteiger charge is -2.22. The van der Waals surface area contributed by atoms with Crippen molar-refractivity contribution in [3.63, 3.8) is 0 Å². The second kappa shape index (κ2) is 8.34. The molecule has 0 aromatic heterocycles. The van der Waals surface area contributed by atoms with Crippen LogP contribution in [0.2, 0.25) is 0 Å². The van der Waals surface area contributed by atoms with Crippen molar-refractivity contribution in [1.29, 1.82) is 5.26 Å². The molecule has 0 radical (unpaired) electrons. The van der Waals surface area contributed by atoms with E-state index in [0.29, 0.717) is 0 Å². The van der Waals surface area contributed by atoms with Crippen LogP contribution >= 0.6 is 11.8 Å². The van der Waals surface area contributed by atoms with Crippen LogP contribution in [0.3, 0.4) is 0 Å². The Morgan fingerprint density at radius 3 is 2.65 bits per heavy atom. The van der Waals surface area contributed by atoms with Crippen molar-refractivity contribution in [2.24, 2.45) is 0 Å². The molecule has 0 bridgehead atoms. The molecule has 0 amide bonds. The van der Waals surface area contributed by atoms with Crippen molar-refractivity contribution < 1.29 is 0 Å². The van der Waals surface area contributed by atoms with Crippen LogP contribution in [0.5, 0.6) is 0 Å². The van der Waals surface area contributed by atoms with Crippen molar-refractivity contribution in [1.82, 2.24) is 5.32 Å². The average molecular weight is 290 g/mol. The normalized spacial score (nSPS) is 13.8. The molecular weight excluding hydrogens is 264 g/mol. The number of aryl methyl sites for hydroxylation is 2. The van der Waals surface area contributed by atoms with E-state index in [-0.39, 0.29) is 5.54 Å². The molecule has 0 heterocycles. The third kappa shape index (κ3) is 5.56. The van der Waals surface area contributed by atoms with Crippen LogP contribution in [0.15, 0.2) is 23.1 Å². The number of nitrogens with zero attached hydrogens (tertiary/aromatic N) is 1. The van der Waals surface area contributed by atoms with Gasteiger partial charge in [-0.15, -0.1) is 11.8 Å². The van der Waals surface area contributed by atoms with Crippen molar-refractivity contribution in [3.8, 4) is 6.07 Å². The average Bonchev–Trinajstić information content (AvgIpc) is 2.45. The Morgan fingerprint density at radius 1 is 1.30 bits per heavy atom. The summed E-state index contributed by atoms with van der Waals surface area (Å²) in [5.74, 6) is 1.06. The van der Waals surface area contributed by atoms with Gasteiger partial charge in [-0.05, 0) is 75.6 Å². The SMILES string of the molecule is CCCNC(C)(C#N)CCCSc1ccc(C)c(C)c1. The largest absolute Gasteiger partial charge is 0.300 e. The van der Waals surface area contributed by atoms with E-state index in [1.54, 1.807) is 0 Å². The predicted octanol–water partition coefficient (Wildman–Crippen LogP) is 4.46. The van der Waals surface area contributed by atoms with Gasteiger partial charge in [0.15, 0.2) is 0 Å². The van der Waals surface area contributed by atoms with E-state index in [2.05, 4.69) is 50.4 Å². The molecule has 0 aliphatic heterocycles. The van der Waals surface area contributed by atoms with Crippen LogP contribution in [0.25, 0.3) is 0 Å². The molecule has 3 heteroatoms. The maximum absolute atomic E-state index is 9.28. The Kier molecular flexibility index (Phi) is 7.12. The van der Waals surface area contributed by atoms with Crippen LogP contribution in [-0.4, -0.2) is 17.8 Å². The minimum absolute atomic E-state index is 0.375. The highest BCUT2D eigenvalue weighted by Gasteiger charge is 2.21. The molecule has 1 N–H and O–H groups in total. The summed E-state index contributed by atoms with van der Waals surface area (Å²) in [5, 5.41) is 12.6. The lowest BCUT2D eigenvalue weighted by molar-refractivity contribution is 0.415. The van der Waals surface area contributed by atoms with Gasteiger partial charge in [0.05, 0.1) is 6.07 Å².